The van der Waals surface area contributed by atoms with Crippen molar-refractivity contribution in [3.8, 4) is 5.75 Å². The Bertz CT molecular complexity index is 793. The summed E-state index contributed by atoms with van der Waals surface area (Å²) in [5, 5.41) is 21.0. The molecule has 3 rings (SSSR count). The number of carbonyl (C=O) groups is 1. The van der Waals surface area contributed by atoms with Gasteiger partial charge in [-0.2, -0.15) is 5.10 Å². The Balaban J connectivity index is 2.00. The monoisotopic (exact) mass is 267 g/mol. The number of aromatic hydroxyl groups is 1. The van der Waals surface area contributed by atoms with E-state index in [-0.39, 0.29) is 17.2 Å². The normalized spacial score (nSPS) is 10.7. The molecule has 3 N–H and O–H groups in total. The largest absolute Gasteiger partial charge is 0.506 e. The highest BCUT2D eigenvalue weighted by molar-refractivity contribution is 6.09. The number of carbonyl (C=O) groups excluding carboxylic acids is 1. The molecule has 0 aliphatic rings. The number of aromatic nitrogens is 2. The maximum atomic E-state index is 12.2. The van der Waals surface area contributed by atoms with E-state index in [4.69, 9.17) is 0 Å². The zero-order chi connectivity index (χ0) is 14.1. The summed E-state index contributed by atoms with van der Waals surface area (Å²) in [4.78, 5) is 12.2. The van der Waals surface area contributed by atoms with Gasteiger partial charge in [-0.1, -0.05) is 30.3 Å². The molecule has 0 aliphatic heterocycles. The summed E-state index contributed by atoms with van der Waals surface area (Å²) in [5.74, 6) is 0.140. The quantitative estimate of drug-likeness (QED) is 0.668. The summed E-state index contributed by atoms with van der Waals surface area (Å²) in [7, 11) is 0. The van der Waals surface area contributed by atoms with Crippen molar-refractivity contribution in [3.05, 3.63) is 53.7 Å². The van der Waals surface area contributed by atoms with Crippen LogP contribution in [0.25, 0.3) is 10.8 Å². The highest BCUT2D eigenvalue weighted by Gasteiger charge is 2.15. The Morgan fingerprint density at radius 3 is 2.80 bits per heavy atom. The summed E-state index contributed by atoms with van der Waals surface area (Å²) in [6, 6.07) is 10.8. The molecule has 0 saturated carbocycles. The lowest BCUT2D eigenvalue weighted by Gasteiger charge is -2.08. The SMILES string of the molecule is Cc1cn[nH]c1NC(=O)c1ccc2ccccc2c1O. The van der Waals surface area contributed by atoms with Crippen LogP contribution in [0.1, 0.15) is 15.9 Å². The smallest absolute Gasteiger partial charge is 0.260 e. The molecule has 0 unspecified atom stereocenters. The zero-order valence-corrected chi connectivity index (χ0v) is 10.8. The Hall–Kier alpha value is -2.82. The predicted octanol–water partition coefficient (Wildman–Crippen LogP) is 2.83. The Labute approximate surface area is 115 Å². The van der Waals surface area contributed by atoms with Crippen molar-refractivity contribution in [2.45, 2.75) is 6.92 Å². The molecule has 0 radical (unpaired) electrons. The van der Waals surface area contributed by atoms with Crippen LogP contribution in [-0.4, -0.2) is 21.2 Å². The molecule has 0 atom stereocenters. The molecule has 3 aromatic rings. The van der Waals surface area contributed by atoms with Gasteiger partial charge in [0.15, 0.2) is 0 Å². The second-order valence-corrected chi connectivity index (χ2v) is 4.57. The molecule has 0 saturated heterocycles. The molecular formula is C15H13N3O2. The van der Waals surface area contributed by atoms with Crippen LogP contribution in [0.15, 0.2) is 42.6 Å². The number of aromatic amines is 1. The summed E-state index contributed by atoms with van der Waals surface area (Å²) in [5.41, 5.74) is 1.07. The molecule has 1 heterocycles. The highest BCUT2D eigenvalue weighted by Crippen LogP contribution is 2.29. The Morgan fingerprint density at radius 1 is 1.25 bits per heavy atom. The van der Waals surface area contributed by atoms with Gasteiger partial charge in [0.1, 0.15) is 11.6 Å². The van der Waals surface area contributed by atoms with Crippen LogP contribution in [0.4, 0.5) is 5.82 Å². The minimum Gasteiger partial charge on any atom is -0.506 e. The van der Waals surface area contributed by atoms with Gasteiger partial charge in [-0.3, -0.25) is 9.89 Å². The molecule has 100 valence electrons. The average Bonchev–Trinajstić information content (AvgIpc) is 2.85. The van der Waals surface area contributed by atoms with Gasteiger partial charge >= 0.3 is 0 Å². The number of aryl methyl sites for hydroxylation is 1. The topological polar surface area (TPSA) is 78.0 Å². The maximum absolute atomic E-state index is 12.2. The molecule has 1 aromatic heterocycles. The van der Waals surface area contributed by atoms with Crippen molar-refractivity contribution < 1.29 is 9.90 Å². The van der Waals surface area contributed by atoms with E-state index in [1.54, 1.807) is 18.3 Å². The van der Waals surface area contributed by atoms with Crippen molar-refractivity contribution >= 4 is 22.5 Å². The summed E-state index contributed by atoms with van der Waals surface area (Å²) >= 11 is 0. The van der Waals surface area contributed by atoms with Crippen LogP contribution in [0, 0.1) is 6.92 Å². The molecule has 0 fully saturated rings. The number of amides is 1. The third-order valence-electron chi connectivity index (χ3n) is 3.21. The number of anilines is 1. The van der Waals surface area contributed by atoms with Crippen LogP contribution < -0.4 is 5.32 Å². The second-order valence-electron chi connectivity index (χ2n) is 4.57. The van der Waals surface area contributed by atoms with E-state index in [1.807, 2.05) is 31.2 Å². The van der Waals surface area contributed by atoms with E-state index in [9.17, 15) is 9.90 Å². The first-order valence-corrected chi connectivity index (χ1v) is 6.19. The molecule has 0 bridgehead atoms. The van der Waals surface area contributed by atoms with Crippen LogP contribution in [-0.2, 0) is 0 Å². The van der Waals surface area contributed by atoms with E-state index in [2.05, 4.69) is 15.5 Å². The van der Waals surface area contributed by atoms with E-state index < -0.39 is 0 Å². The van der Waals surface area contributed by atoms with Gasteiger partial charge < -0.3 is 10.4 Å². The standard InChI is InChI=1S/C15H13N3O2/c1-9-8-16-18-14(9)17-15(20)12-7-6-10-4-2-3-5-11(10)13(12)19/h2-8,19H,1H3,(H2,16,17,18,20). The maximum Gasteiger partial charge on any atom is 0.260 e. The van der Waals surface area contributed by atoms with Crippen molar-refractivity contribution in [1.82, 2.24) is 10.2 Å². The van der Waals surface area contributed by atoms with E-state index >= 15 is 0 Å². The minimum absolute atomic E-state index is 0.0160. The van der Waals surface area contributed by atoms with Gasteiger partial charge in [0, 0.05) is 10.9 Å². The predicted molar refractivity (Wildman–Crippen MR) is 76.9 cm³/mol. The molecular weight excluding hydrogens is 254 g/mol. The summed E-state index contributed by atoms with van der Waals surface area (Å²) in [6.45, 7) is 1.83. The molecule has 5 heteroatoms. The molecule has 0 aliphatic carbocycles. The summed E-state index contributed by atoms with van der Waals surface area (Å²) in [6.07, 6.45) is 1.62. The van der Waals surface area contributed by atoms with Crippen molar-refractivity contribution in [1.29, 1.82) is 0 Å². The van der Waals surface area contributed by atoms with Gasteiger partial charge in [-0.15, -0.1) is 0 Å². The molecule has 5 nitrogen and oxygen atoms in total. The fourth-order valence-corrected chi connectivity index (χ4v) is 2.09. The number of nitrogens with one attached hydrogen (secondary N) is 2. The fourth-order valence-electron chi connectivity index (χ4n) is 2.09. The first-order valence-electron chi connectivity index (χ1n) is 6.19. The Morgan fingerprint density at radius 2 is 2.05 bits per heavy atom. The number of phenolic OH excluding ortho intramolecular Hbond substituents is 1. The lowest BCUT2D eigenvalue weighted by molar-refractivity contribution is 0.102. The number of fused-ring (bicyclic) bond motifs is 1. The van der Waals surface area contributed by atoms with Crippen LogP contribution in [0.3, 0.4) is 0 Å². The molecule has 2 aromatic carbocycles. The van der Waals surface area contributed by atoms with Crippen molar-refractivity contribution in [2.75, 3.05) is 5.32 Å². The van der Waals surface area contributed by atoms with Crippen LogP contribution >= 0.6 is 0 Å². The third kappa shape index (κ3) is 1.99. The van der Waals surface area contributed by atoms with Crippen molar-refractivity contribution in [2.24, 2.45) is 0 Å². The number of hydrogen-bond donors (Lipinski definition) is 3. The van der Waals surface area contributed by atoms with Crippen LogP contribution in [0.2, 0.25) is 0 Å². The summed E-state index contributed by atoms with van der Waals surface area (Å²) < 4.78 is 0. The van der Waals surface area contributed by atoms with Crippen LogP contribution in [0.5, 0.6) is 5.75 Å². The third-order valence-corrected chi connectivity index (χ3v) is 3.21. The number of nitrogens with zero attached hydrogens (tertiary/aromatic N) is 1. The second kappa shape index (κ2) is 4.70. The van der Waals surface area contributed by atoms with Crippen molar-refractivity contribution in [3.63, 3.8) is 0 Å². The fraction of sp³-hybridized carbons (Fsp3) is 0.0667. The first-order chi connectivity index (χ1) is 9.66. The number of phenols is 1. The molecule has 1 amide bonds. The van der Waals surface area contributed by atoms with Gasteiger partial charge in [-0.05, 0) is 18.4 Å². The van der Waals surface area contributed by atoms with Gasteiger partial charge in [0.05, 0.1) is 11.8 Å². The lowest BCUT2D eigenvalue weighted by Crippen LogP contribution is -2.13. The van der Waals surface area contributed by atoms with E-state index in [0.717, 1.165) is 10.9 Å². The zero-order valence-electron chi connectivity index (χ0n) is 10.8. The van der Waals surface area contributed by atoms with Gasteiger partial charge in [0.2, 0.25) is 0 Å². The minimum atomic E-state index is -0.374. The van der Waals surface area contributed by atoms with Gasteiger partial charge in [-0.25, -0.2) is 0 Å². The van der Waals surface area contributed by atoms with Gasteiger partial charge in [0.25, 0.3) is 5.91 Å². The lowest BCUT2D eigenvalue weighted by atomic mass is 10.0. The Kier molecular flexibility index (Phi) is 2.87. The average molecular weight is 267 g/mol. The van der Waals surface area contributed by atoms with E-state index in [0.29, 0.717) is 11.2 Å². The molecule has 20 heavy (non-hydrogen) atoms. The first kappa shape index (κ1) is 12.2. The molecule has 0 spiro atoms. The number of H-pyrrole nitrogens is 1. The van der Waals surface area contributed by atoms with E-state index in [1.165, 1.54) is 0 Å². The number of hydrogen-bond acceptors (Lipinski definition) is 3. The number of benzene rings is 2. The highest BCUT2D eigenvalue weighted by atomic mass is 16.3. The number of rotatable bonds is 2.